The van der Waals surface area contributed by atoms with Gasteiger partial charge < -0.3 is 5.11 Å². The van der Waals surface area contributed by atoms with Crippen molar-refractivity contribution < 1.29 is 18.3 Å². The van der Waals surface area contributed by atoms with Crippen molar-refractivity contribution in [1.29, 1.82) is 0 Å². The molecule has 0 aliphatic carbocycles. The number of benzene rings is 2. The van der Waals surface area contributed by atoms with Gasteiger partial charge in [0.05, 0.1) is 10.6 Å². The number of fused-ring (bicyclic) bond motifs is 1. The molecular formula is C18H16IN3O4S. The fourth-order valence-corrected chi connectivity index (χ4v) is 4.38. The van der Waals surface area contributed by atoms with E-state index in [2.05, 4.69) is 33.1 Å². The van der Waals surface area contributed by atoms with Gasteiger partial charge in [-0.25, -0.2) is 13.8 Å². The van der Waals surface area contributed by atoms with E-state index >= 15 is 0 Å². The van der Waals surface area contributed by atoms with Crippen LogP contribution in [0.2, 0.25) is 0 Å². The van der Waals surface area contributed by atoms with E-state index in [9.17, 15) is 18.3 Å². The number of carbonyl (C=O) groups is 1. The molecule has 3 rings (SSSR count). The summed E-state index contributed by atoms with van der Waals surface area (Å²) >= 11 is 2.18. The zero-order valence-electron chi connectivity index (χ0n) is 14.5. The lowest BCUT2D eigenvalue weighted by Gasteiger charge is -2.27. The Morgan fingerprint density at radius 1 is 1.15 bits per heavy atom. The minimum atomic E-state index is -3.94. The number of hydrogen-bond donors (Lipinski definition) is 2. The second-order valence-corrected chi connectivity index (χ2v) is 8.99. The monoisotopic (exact) mass is 497 g/mol. The lowest BCUT2D eigenvalue weighted by molar-refractivity contribution is -0.118. The van der Waals surface area contributed by atoms with Gasteiger partial charge in [-0.3, -0.25) is 9.10 Å². The number of rotatable bonds is 3. The van der Waals surface area contributed by atoms with Gasteiger partial charge in [-0.05, 0) is 59.3 Å². The maximum Gasteiger partial charge on any atom is 0.292 e. The Hall–Kier alpha value is -2.40. The molecule has 0 saturated heterocycles. The van der Waals surface area contributed by atoms with Gasteiger partial charge in [-0.1, -0.05) is 24.3 Å². The minimum Gasteiger partial charge on any atom is -0.505 e. The number of halogens is 1. The highest BCUT2D eigenvalue weighted by Gasteiger charge is 2.37. The Morgan fingerprint density at radius 2 is 1.78 bits per heavy atom. The molecule has 0 aromatic heterocycles. The fourth-order valence-electron chi connectivity index (χ4n) is 2.63. The highest BCUT2D eigenvalue weighted by Crippen LogP contribution is 2.34. The number of likely N-dealkylation sites (N-methyl/N-ethyl adjacent to an activating group) is 1. The van der Waals surface area contributed by atoms with Gasteiger partial charge in [-0.2, -0.15) is 5.10 Å². The Morgan fingerprint density at radius 3 is 2.44 bits per heavy atom. The smallest absolute Gasteiger partial charge is 0.292 e. The summed E-state index contributed by atoms with van der Waals surface area (Å²) < 4.78 is 27.1. The second-order valence-electron chi connectivity index (χ2n) is 5.81. The molecule has 9 heteroatoms. The highest BCUT2D eigenvalue weighted by molar-refractivity contribution is 14.1. The second kappa shape index (κ2) is 7.31. The maximum atomic E-state index is 12.6. The van der Waals surface area contributed by atoms with Gasteiger partial charge in [0.1, 0.15) is 0 Å². The van der Waals surface area contributed by atoms with E-state index in [1.807, 2.05) is 24.3 Å². The first-order chi connectivity index (χ1) is 12.7. The molecule has 0 bridgehead atoms. The molecule has 1 aliphatic heterocycles. The first-order valence-electron chi connectivity index (χ1n) is 7.85. The van der Waals surface area contributed by atoms with Crippen molar-refractivity contribution in [2.75, 3.05) is 7.05 Å². The van der Waals surface area contributed by atoms with Crippen molar-refractivity contribution in [2.24, 2.45) is 5.10 Å². The van der Waals surface area contributed by atoms with Crippen LogP contribution >= 0.6 is 22.6 Å². The van der Waals surface area contributed by atoms with Gasteiger partial charge in [0, 0.05) is 16.2 Å². The molecule has 2 aromatic carbocycles. The van der Waals surface area contributed by atoms with Crippen LogP contribution in [-0.2, 0) is 14.8 Å². The number of hydrogen-bond acceptors (Lipinski definition) is 5. The molecule has 1 aliphatic rings. The predicted molar refractivity (Wildman–Crippen MR) is 110 cm³/mol. The quantitative estimate of drug-likeness (QED) is 0.387. The van der Waals surface area contributed by atoms with E-state index < -0.39 is 21.7 Å². The van der Waals surface area contributed by atoms with Crippen LogP contribution < -0.4 is 5.43 Å². The van der Waals surface area contributed by atoms with Crippen molar-refractivity contribution in [1.82, 2.24) is 9.73 Å². The SMILES string of the molecule is C/C(=N\NC(=O)C1=C(O)c2ccccc2S(=O)(=O)N1C)c1ccc(I)cc1. The molecule has 7 nitrogen and oxygen atoms in total. The summed E-state index contributed by atoms with van der Waals surface area (Å²) in [5.41, 5.74) is 3.37. The van der Waals surface area contributed by atoms with Gasteiger partial charge >= 0.3 is 0 Å². The predicted octanol–water partition coefficient (Wildman–Crippen LogP) is 2.69. The topological polar surface area (TPSA) is 99.1 Å². The van der Waals surface area contributed by atoms with Crippen LogP contribution in [0.4, 0.5) is 0 Å². The van der Waals surface area contributed by atoms with Crippen LogP contribution in [0.1, 0.15) is 18.1 Å². The van der Waals surface area contributed by atoms with Gasteiger partial charge in [-0.15, -0.1) is 0 Å². The molecule has 2 aromatic rings. The van der Waals surface area contributed by atoms with Crippen LogP contribution in [0.5, 0.6) is 0 Å². The molecule has 140 valence electrons. The van der Waals surface area contributed by atoms with E-state index in [0.29, 0.717) is 5.71 Å². The van der Waals surface area contributed by atoms with Crippen LogP contribution in [-0.4, -0.2) is 36.5 Å². The van der Waals surface area contributed by atoms with Crippen molar-refractivity contribution >= 4 is 50.0 Å². The average molecular weight is 497 g/mol. The number of nitrogens with one attached hydrogen (secondary N) is 1. The number of hydrazone groups is 1. The first kappa shape index (κ1) is 19.4. The molecule has 0 unspecified atom stereocenters. The number of aliphatic hydroxyl groups is 1. The number of aliphatic hydroxyl groups excluding tert-OH is 1. The van der Waals surface area contributed by atoms with E-state index in [0.717, 1.165) is 13.4 Å². The number of carbonyl (C=O) groups excluding carboxylic acids is 1. The van der Waals surface area contributed by atoms with E-state index in [-0.39, 0.29) is 16.2 Å². The van der Waals surface area contributed by atoms with Crippen LogP contribution in [0, 0.1) is 3.57 Å². The van der Waals surface area contributed by atoms with Gasteiger partial charge in [0.2, 0.25) is 0 Å². The molecule has 2 N–H and O–H groups in total. The number of sulfonamides is 1. The summed E-state index contributed by atoms with van der Waals surface area (Å²) in [4.78, 5) is 12.5. The molecule has 0 atom stereocenters. The molecule has 1 heterocycles. The lowest BCUT2D eigenvalue weighted by atomic mass is 10.1. The van der Waals surface area contributed by atoms with Crippen molar-refractivity contribution in [3.8, 4) is 0 Å². The van der Waals surface area contributed by atoms with Crippen LogP contribution in [0.3, 0.4) is 0 Å². The summed E-state index contributed by atoms with van der Waals surface area (Å²) in [5.74, 6) is -1.24. The Kier molecular flexibility index (Phi) is 5.24. The van der Waals surface area contributed by atoms with Crippen molar-refractivity contribution in [3.05, 3.63) is 68.9 Å². The summed E-state index contributed by atoms with van der Waals surface area (Å²) in [5, 5.41) is 14.5. The summed E-state index contributed by atoms with van der Waals surface area (Å²) in [6, 6.07) is 13.5. The third-order valence-electron chi connectivity index (χ3n) is 4.12. The van der Waals surface area contributed by atoms with E-state index in [1.54, 1.807) is 19.1 Å². The number of nitrogens with zero attached hydrogens (tertiary/aromatic N) is 2. The van der Waals surface area contributed by atoms with Crippen molar-refractivity contribution in [3.63, 3.8) is 0 Å². The summed E-state index contributed by atoms with van der Waals surface area (Å²) in [6.45, 7) is 1.72. The van der Waals surface area contributed by atoms with E-state index in [1.165, 1.54) is 19.2 Å². The minimum absolute atomic E-state index is 0.0554. The standard InChI is InChI=1S/C18H16IN3O4S/c1-11(12-7-9-13(19)10-8-12)20-21-18(24)16-17(23)14-5-3-4-6-15(14)27(25,26)22(16)2/h3-10,23H,1-2H3,(H,21,24)/b20-11+. The first-order valence-corrected chi connectivity index (χ1v) is 10.4. The van der Waals surface area contributed by atoms with Crippen LogP contribution in [0.15, 0.2) is 64.2 Å². The molecule has 0 spiro atoms. The molecule has 1 amide bonds. The average Bonchev–Trinajstić information content (AvgIpc) is 2.65. The van der Waals surface area contributed by atoms with E-state index in [4.69, 9.17) is 0 Å². The Labute approximate surface area is 170 Å². The third-order valence-corrected chi connectivity index (χ3v) is 6.66. The zero-order chi connectivity index (χ0) is 19.8. The summed E-state index contributed by atoms with van der Waals surface area (Å²) in [6.07, 6.45) is 0. The number of amides is 1. The Bertz CT molecular complexity index is 1080. The fraction of sp³-hybridized carbons (Fsp3) is 0.111. The van der Waals surface area contributed by atoms with Crippen molar-refractivity contribution in [2.45, 2.75) is 11.8 Å². The van der Waals surface area contributed by atoms with Crippen LogP contribution in [0.25, 0.3) is 5.76 Å². The molecule has 0 radical (unpaired) electrons. The largest absolute Gasteiger partial charge is 0.505 e. The van der Waals surface area contributed by atoms with Gasteiger partial charge in [0.25, 0.3) is 15.9 Å². The van der Waals surface area contributed by atoms with Gasteiger partial charge in [0.15, 0.2) is 11.5 Å². The zero-order valence-corrected chi connectivity index (χ0v) is 17.4. The molecule has 27 heavy (non-hydrogen) atoms. The highest BCUT2D eigenvalue weighted by atomic mass is 127. The Balaban J connectivity index is 1.94. The molecule has 0 fully saturated rings. The normalized spacial score (nSPS) is 16.1. The maximum absolute atomic E-state index is 12.6. The molecular weight excluding hydrogens is 481 g/mol. The summed E-state index contributed by atoms with van der Waals surface area (Å²) in [7, 11) is -2.72. The third kappa shape index (κ3) is 3.56. The molecule has 0 saturated carbocycles. The lowest BCUT2D eigenvalue weighted by Crippen LogP contribution is -2.38.